The van der Waals surface area contributed by atoms with Crippen LogP contribution in [0.4, 0.5) is 0 Å². The standard InChI is InChI=1S/C8H16O3/c1-2-5-3-6(4-9)8(11)7(5)10/h5-11H,2-4H2,1H3. The Hall–Kier alpha value is -0.120. The number of hydrogen-bond donors (Lipinski definition) is 3. The SMILES string of the molecule is CCC1CC(CO)C(O)C1O. The summed E-state index contributed by atoms with van der Waals surface area (Å²) < 4.78 is 0. The molecule has 3 heteroatoms. The molecule has 1 rings (SSSR count). The Morgan fingerprint density at radius 1 is 1.18 bits per heavy atom. The van der Waals surface area contributed by atoms with Gasteiger partial charge in [0, 0.05) is 12.5 Å². The highest BCUT2D eigenvalue weighted by Gasteiger charge is 2.39. The van der Waals surface area contributed by atoms with Crippen molar-refractivity contribution in [2.24, 2.45) is 11.8 Å². The van der Waals surface area contributed by atoms with E-state index in [4.69, 9.17) is 5.11 Å². The van der Waals surface area contributed by atoms with Gasteiger partial charge in [0.05, 0.1) is 12.2 Å². The zero-order chi connectivity index (χ0) is 8.43. The molecule has 1 fully saturated rings. The maximum Gasteiger partial charge on any atom is 0.0851 e. The average Bonchev–Trinajstić information content (AvgIpc) is 2.30. The third-order valence-electron chi connectivity index (χ3n) is 2.68. The maximum atomic E-state index is 9.40. The Morgan fingerprint density at radius 2 is 1.73 bits per heavy atom. The summed E-state index contributed by atoms with van der Waals surface area (Å²) in [4.78, 5) is 0. The number of hydrogen-bond acceptors (Lipinski definition) is 3. The van der Waals surface area contributed by atoms with Gasteiger partial charge in [0.25, 0.3) is 0 Å². The first kappa shape index (κ1) is 8.97. The molecular formula is C8H16O3. The molecule has 3 N–H and O–H groups in total. The van der Waals surface area contributed by atoms with Gasteiger partial charge in [-0.25, -0.2) is 0 Å². The lowest BCUT2D eigenvalue weighted by molar-refractivity contribution is -0.00627. The van der Waals surface area contributed by atoms with Gasteiger partial charge in [-0.3, -0.25) is 0 Å². The summed E-state index contributed by atoms with van der Waals surface area (Å²) >= 11 is 0. The summed E-state index contributed by atoms with van der Waals surface area (Å²) in [6.45, 7) is 1.97. The van der Waals surface area contributed by atoms with E-state index in [1.165, 1.54) is 0 Å². The molecule has 0 aromatic carbocycles. The van der Waals surface area contributed by atoms with Crippen LogP contribution in [0, 0.1) is 11.8 Å². The molecule has 1 saturated carbocycles. The highest BCUT2D eigenvalue weighted by molar-refractivity contribution is 4.89. The first-order valence-electron chi connectivity index (χ1n) is 4.17. The lowest BCUT2D eigenvalue weighted by atomic mass is 10.0. The van der Waals surface area contributed by atoms with E-state index >= 15 is 0 Å². The summed E-state index contributed by atoms with van der Waals surface area (Å²) in [6.07, 6.45) is 0.270. The van der Waals surface area contributed by atoms with E-state index < -0.39 is 12.2 Å². The van der Waals surface area contributed by atoms with Gasteiger partial charge in [-0.2, -0.15) is 0 Å². The molecule has 0 bridgehead atoms. The van der Waals surface area contributed by atoms with Gasteiger partial charge in [-0.15, -0.1) is 0 Å². The molecule has 0 aromatic heterocycles. The Kier molecular flexibility index (Phi) is 2.87. The van der Waals surface area contributed by atoms with Crippen LogP contribution in [0.2, 0.25) is 0 Å². The molecule has 0 radical (unpaired) electrons. The Labute approximate surface area is 66.7 Å². The van der Waals surface area contributed by atoms with Crippen molar-refractivity contribution in [3.63, 3.8) is 0 Å². The fraction of sp³-hybridized carbons (Fsp3) is 1.00. The zero-order valence-electron chi connectivity index (χ0n) is 6.77. The second-order valence-electron chi connectivity index (χ2n) is 3.33. The third-order valence-corrected chi connectivity index (χ3v) is 2.68. The van der Waals surface area contributed by atoms with Crippen LogP contribution in [0.5, 0.6) is 0 Å². The fourth-order valence-corrected chi connectivity index (χ4v) is 1.82. The minimum Gasteiger partial charge on any atom is -0.396 e. The third kappa shape index (κ3) is 1.55. The van der Waals surface area contributed by atoms with Crippen LogP contribution < -0.4 is 0 Å². The summed E-state index contributed by atoms with van der Waals surface area (Å²) in [5, 5.41) is 27.5. The predicted molar refractivity (Wildman–Crippen MR) is 41.0 cm³/mol. The Morgan fingerprint density at radius 3 is 2.00 bits per heavy atom. The molecular weight excluding hydrogens is 144 g/mol. The molecule has 0 saturated heterocycles. The van der Waals surface area contributed by atoms with E-state index in [1.807, 2.05) is 6.92 Å². The lowest BCUT2D eigenvalue weighted by Gasteiger charge is -2.14. The lowest BCUT2D eigenvalue weighted by Crippen LogP contribution is -2.29. The monoisotopic (exact) mass is 160 g/mol. The van der Waals surface area contributed by atoms with Gasteiger partial charge < -0.3 is 15.3 Å². The highest BCUT2D eigenvalue weighted by atomic mass is 16.3. The minimum absolute atomic E-state index is 0.0191. The van der Waals surface area contributed by atoms with Crippen molar-refractivity contribution in [2.75, 3.05) is 6.61 Å². The van der Waals surface area contributed by atoms with E-state index in [0.29, 0.717) is 0 Å². The maximum absolute atomic E-state index is 9.40. The second-order valence-corrected chi connectivity index (χ2v) is 3.33. The predicted octanol–water partition coefficient (Wildman–Crippen LogP) is -0.253. The molecule has 1 aliphatic carbocycles. The van der Waals surface area contributed by atoms with E-state index in [9.17, 15) is 10.2 Å². The van der Waals surface area contributed by atoms with Crippen molar-refractivity contribution in [3.05, 3.63) is 0 Å². The summed E-state index contributed by atoms with van der Waals surface area (Å²) in [7, 11) is 0. The van der Waals surface area contributed by atoms with Crippen molar-refractivity contribution in [1.29, 1.82) is 0 Å². The molecule has 11 heavy (non-hydrogen) atoms. The van der Waals surface area contributed by atoms with E-state index in [1.54, 1.807) is 0 Å². The first-order valence-corrected chi connectivity index (χ1v) is 4.17. The molecule has 0 heterocycles. The van der Waals surface area contributed by atoms with Crippen molar-refractivity contribution in [3.8, 4) is 0 Å². The molecule has 0 aromatic rings. The highest BCUT2D eigenvalue weighted by Crippen LogP contribution is 2.33. The summed E-state index contributed by atoms with van der Waals surface area (Å²) in [6, 6.07) is 0. The molecule has 1 aliphatic rings. The van der Waals surface area contributed by atoms with Crippen molar-refractivity contribution < 1.29 is 15.3 Å². The molecule has 0 amide bonds. The number of aliphatic hydroxyl groups is 3. The van der Waals surface area contributed by atoms with Gasteiger partial charge in [0.15, 0.2) is 0 Å². The smallest absolute Gasteiger partial charge is 0.0851 e. The van der Waals surface area contributed by atoms with Crippen molar-refractivity contribution in [2.45, 2.75) is 32.0 Å². The van der Waals surface area contributed by atoms with Crippen LogP contribution in [-0.2, 0) is 0 Å². The second kappa shape index (κ2) is 3.52. The molecule has 4 unspecified atom stereocenters. The Balaban J connectivity index is 2.53. The van der Waals surface area contributed by atoms with E-state index in [0.717, 1.165) is 12.8 Å². The van der Waals surface area contributed by atoms with Crippen LogP contribution in [0.3, 0.4) is 0 Å². The number of aliphatic hydroxyl groups excluding tert-OH is 3. The molecule has 3 nitrogen and oxygen atoms in total. The number of rotatable bonds is 2. The van der Waals surface area contributed by atoms with Crippen LogP contribution in [-0.4, -0.2) is 34.1 Å². The summed E-state index contributed by atoms with van der Waals surface area (Å²) in [5.74, 6) is 0.0529. The van der Waals surface area contributed by atoms with Crippen molar-refractivity contribution in [1.82, 2.24) is 0 Å². The molecule has 0 aliphatic heterocycles. The van der Waals surface area contributed by atoms with Gasteiger partial charge in [0.2, 0.25) is 0 Å². The van der Waals surface area contributed by atoms with Gasteiger partial charge >= 0.3 is 0 Å². The quantitative estimate of drug-likeness (QED) is 0.522. The first-order chi connectivity index (χ1) is 5.20. The molecule has 66 valence electrons. The minimum atomic E-state index is -0.718. The van der Waals surface area contributed by atoms with E-state index in [2.05, 4.69) is 0 Å². The molecule has 0 spiro atoms. The van der Waals surface area contributed by atoms with Crippen LogP contribution in [0.25, 0.3) is 0 Å². The summed E-state index contributed by atoms with van der Waals surface area (Å²) in [5.41, 5.74) is 0. The van der Waals surface area contributed by atoms with E-state index in [-0.39, 0.29) is 18.4 Å². The van der Waals surface area contributed by atoms with Gasteiger partial charge in [-0.1, -0.05) is 13.3 Å². The van der Waals surface area contributed by atoms with Crippen LogP contribution in [0.1, 0.15) is 19.8 Å². The van der Waals surface area contributed by atoms with Gasteiger partial charge in [-0.05, 0) is 12.3 Å². The largest absolute Gasteiger partial charge is 0.396 e. The topological polar surface area (TPSA) is 60.7 Å². The molecule has 4 atom stereocenters. The zero-order valence-corrected chi connectivity index (χ0v) is 6.77. The average molecular weight is 160 g/mol. The Bertz CT molecular complexity index is 109. The van der Waals surface area contributed by atoms with Gasteiger partial charge in [0.1, 0.15) is 0 Å². The normalized spacial score (nSPS) is 44.7. The van der Waals surface area contributed by atoms with Crippen molar-refractivity contribution >= 4 is 0 Å². The van der Waals surface area contributed by atoms with Crippen LogP contribution >= 0.6 is 0 Å². The van der Waals surface area contributed by atoms with Crippen LogP contribution in [0.15, 0.2) is 0 Å². The fourth-order valence-electron chi connectivity index (χ4n) is 1.82.